The second-order valence-electron chi connectivity index (χ2n) is 7.51. The number of carboxylic acid groups (broad SMARTS) is 1. The van der Waals surface area contributed by atoms with Crippen LogP contribution in [0.5, 0.6) is 5.75 Å². The van der Waals surface area contributed by atoms with Crippen LogP contribution >= 0.6 is 0 Å². The van der Waals surface area contributed by atoms with Crippen LogP contribution < -0.4 is 10.1 Å². The highest BCUT2D eigenvalue weighted by atomic mass is 19.4. The topological polar surface area (TPSA) is 108 Å². The molecule has 3 aromatic rings. The standard InChI is InChI=1S/C23H17F3N4O3/c24-23(25,26)33-16-3-1-2-13(8-16)11-28-20-7-5-15(12-29-20)19-6-4-14(10-27)21(30-19)17-9-18(17)22(31)32/h1-8,12,17-18H,9,11H2,(H,28,29)(H,31,32)/t17-,18-/m0/s1. The van der Waals surface area contributed by atoms with Crippen molar-refractivity contribution in [2.24, 2.45) is 5.92 Å². The Morgan fingerprint density at radius 1 is 1.24 bits per heavy atom. The Morgan fingerprint density at radius 2 is 2.06 bits per heavy atom. The van der Waals surface area contributed by atoms with Gasteiger partial charge in [0, 0.05) is 24.2 Å². The van der Waals surface area contributed by atoms with E-state index in [2.05, 4.69) is 26.1 Å². The molecule has 0 unspecified atom stereocenters. The summed E-state index contributed by atoms with van der Waals surface area (Å²) >= 11 is 0. The number of alkyl halides is 3. The van der Waals surface area contributed by atoms with Crippen molar-refractivity contribution in [1.82, 2.24) is 9.97 Å². The van der Waals surface area contributed by atoms with E-state index >= 15 is 0 Å². The lowest BCUT2D eigenvalue weighted by Crippen LogP contribution is -2.17. The maximum absolute atomic E-state index is 12.4. The Balaban J connectivity index is 1.45. The van der Waals surface area contributed by atoms with Crippen LogP contribution in [0, 0.1) is 17.2 Å². The molecule has 4 rings (SSSR count). The number of carboxylic acids is 1. The predicted molar refractivity (Wildman–Crippen MR) is 111 cm³/mol. The highest BCUT2D eigenvalue weighted by molar-refractivity contribution is 5.75. The zero-order chi connectivity index (χ0) is 23.6. The zero-order valence-electron chi connectivity index (χ0n) is 17.0. The van der Waals surface area contributed by atoms with Gasteiger partial charge in [-0.1, -0.05) is 12.1 Å². The maximum Gasteiger partial charge on any atom is 0.573 e. The molecule has 1 aromatic carbocycles. The molecule has 0 aliphatic heterocycles. The molecule has 2 atom stereocenters. The van der Waals surface area contributed by atoms with Crippen LogP contribution in [0.25, 0.3) is 11.3 Å². The number of rotatable bonds is 7. The van der Waals surface area contributed by atoms with E-state index in [1.165, 1.54) is 18.2 Å². The molecule has 0 spiro atoms. The van der Waals surface area contributed by atoms with Gasteiger partial charge in [0.2, 0.25) is 0 Å². The summed E-state index contributed by atoms with van der Waals surface area (Å²) in [5.41, 5.74) is 2.66. The van der Waals surface area contributed by atoms with Gasteiger partial charge in [0.25, 0.3) is 0 Å². The molecule has 0 bridgehead atoms. The Bertz CT molecular complexity index is 1220. The first-order chi connectivity index (χ1) is 15.7. The number of benzene rings is 1. The molecule has 2 heterocycles. The van der Waals surface area contributed by atoms with Gasteiger partial charge in [0.1, 0.15) is 17.6 Å². The number of nitrogens with one attached hydrogen (secondary N) is 1. The average molecular weight is 454 g/mol. The summed E-state index contributed by atoms with van der Waals surface area (Å²) in [7, 11) is 0. The minimum absolute atomic E-state index is 0.235. The van der Waals surface area contributed by atoms with Crippen LogP contribution in [-0.2, 0) is 11.3 Å². The molecule has 10 heteroatoms. The number of nitrogens with zero attached hydrogens (tertiary/aromatic N) is 3. The highest BCUT2D eigenvalue weighted by Crippen LogP contribution is 2.48. The number of nitriles is 1. The Labute approximate surface area is 186 Å². The summed E-state index contributed by atoms with van der Waals surface area (Å²) in [6.07, 6.45) is -2.72. The SMILES string of the molecule is N#Cc1ccc(-c2ccc(NCc3cccc(OC(F)(F)F)c3)nc2)nc1[C@H]1C[C@@H]1C(=O)O. The molecule has 2 aromatic heterocycles. The third-order valence-electron chi connectivity index (χ3n) is 5.17. The van der Waals surface area contributed by atoms with Crippen molar-refractivity contribution in [3.63, 3.8) is 0 Å². The second kappa shape index (κ2) is 8.78. The number of ether oxygens (including phenoxy) is 1. The number of aliphatic carboxylic acids is 1. The fraction of sp³-hybridized carbons (Fsp3) is 0.217. The number of hydrogen-bond donors (Lipinski definition) is 2. The monoisotopic (exact) mass is 454 g/mol. The molecule has 33 heavy (non-hydrogen) atoms. The number of anilines is 1. The summed E-state index contributed by atoms with van der Waals surface area (Å²) in [6, 6.07) is 14.5. The van der Waals surface area contributed by atoms with Crippen LogP contribution in [0.4, 0.5) is 19.0 Å². The first-order valence-electron chi connectivity index (χ1n) is 9.92. The molecular formula is C23H17F3N4O3. The molecule has 1 fully saturated rings. The van der Waals surface area contributed by atoms with Crippen LogP contribution in [0.2, 0.25) is 0 Å². The molecule has 1 aliphatic rings. The summed E-state index contributed by atoms with van der Waals surface area (Å²) in [5, 5.41) is 21.5. The van der Waals surface area contributed by atoms with Crippen LogP contribution in [-0.4, -0.2) is 27.4 Å². The minimum atomic E-state index is -4.75. The number of hydrogen-bond acceptors (Lipinski definition) is 6. The lowest BCUT2D eigenvalue weighted by atomic mass is 10.1. The number of aromatic nitrogens is 2. The Kier molecular flexibility index (Phi) is 5.87. The normalized spacial score (nSPS) is 17.2. The van der Waals surface area contributed by atoms with E-state index in [0.29, 0.717) is 40.3 Å². The first kappa shape index (κ1) is 22.1. The van der Waals surface area contributed by atoms with Crippen molar-refractivity contribution in [2.45, 2.75) is 25.2 Å². The molecular weight excluding hydrogens is 437 g/mol. The summed E-state index contributed by atoms with van der Waals surface area (Å²) in [4.78, 5) is 20.0. The van der Waals surface area contributed by atoms with Crippen molar-refractivity contribution in [3.8, 4) is 23.1 Å². The first-order valence-corrected chi connectivity index (χ1v) is 9.92. The highest BCUT2D eigenvalue weighted by Gasteiger charge is 2.46. The molecule has 2 N–H and O–H groups in total. The van der Waals surface area contributed by atoms with Crippen LogP contribution in [0.1, 0.15) is 29.2 Å². The van der Waals surface area contributed by atoms with Crippen molar-refractivity contribution in [2.75, 3.05) is 5.32 Å². The second-order valence-corrected chi connectivity index (χ2v) is 7.51. The van der Waals surface area contributed by atoms with Crippen molar-refractivity contribution in [3.05, 3.63) is 71.5 Å². The Morgan fingerprint density at radius 3 is 2.70 bits per heavy atom. The van der Waals surface area contributed by atoms with Gasteiger partial charge in [-0.05, 0) is 48.4 Å². The van der Waals surface area contributed by atoms with Gasteiger partial charge < -0.3 is 15.2 Å². The lowest BCUT2D eigenvalue weighted by Gasteiger charge is -2.11. The van der Waals surface area contributed by atoms with E-state index in [0.717, 1.165) is 0 Å². The van der Waals surface area contributed by atoms with Gasteiger partial charge in [-0.25, -0.2) is 4.98 Å². The molecule has 0 radical (unpaired) electrons. The fourth-order valence-corrected chi connectivity index (χ4v) is 3.48. The largest absolute Gasteiger partial charge is 0.573 e. The Hall–Kier alpha value is -4.13. The summed E-state index contributed by atoms with van der Waals surface area (Å²) in [5.74, 6) is -1.49. The summed E-state index contributed by atoms with van der Waals surface area (Å²) < 4.78 is 41.1. The molecule has 0 amide bonds. The van der Waals surface area contributed by atoms with Gasteiger partial charge >= 0.3 is 12.3 Å². The van der Waals surface area contributed by atoms with E-state index < -0.39 is 18.2 Å². The zero-order valence-corrected chi connectivity index (χ0v) is 17.0. The van der Waals surface area contributed by atoms with E-state index in [4.69, 9.17) is 0 Å². The maximum atomic E-state index is 12.4. The number of carbonyl (C=O) groups is 1. The molecule has 7 nitrogen and oxygen atoms in total. The minimum Gasteiger partial charge on any atom is -0.481 e. The van der Waals surface area contributed by atoms with Crippen LogP contribution in [0.3, 0.4) is 0 Å². The molecule has 0 saturated heterocycles. The lowest BCUT2D eigenvalue weighted by molar-refractivity contribution is -0.274. The van der Waals surface area contributed by atoms with Crippen molar-refractivity contribution < 1.29 is 27.8 Å². The fourth-order valence-electron chi connectivity index (χ4n) is 3.48. The third kappa shape index (κ3) is 5.38. The predicted octanol–water partition coefficient (Wildman–Crippen LogP) is 4.71. The average Bonchev–Trinajstić information content (AvgIpc) is 3.58. The van der Waals surface area contributed by atoms with E-state index in [-0.39, 0.29) is 18.2 Å². The van der Waals surface area contributed by atoms with Gasteiger partial charge in [-0.15, -0.1) is 13.2 Å². The van der Waals surface area contributed by atoms with Gasteiger partial charge in [-0.2, -0.15) is 5.26 Å². The van der Waals surface area contributed by atoms with E-state index in [1.54, 1.807) is 36.5 Å². The van der Waals surface area contributed by atoms with Gasteiger partial charge in [0.05, 0.1) is 22.9 Å². The molecule has 1 saturated carbocycles. The smallest absolute Gasteiger partial charge is 0.481 e. The summed E-state index contributed by atoms with van der Waals surface area (Å²) in [6.45, 7) is 0.235. The number of halogens is 3. The quantitative estimate of drug-likeness (QED) is 0.532. The molecule has 168 valence electrons. The van der Waals surface area contributed by atoms with Gasteiger partial charge in [-0.3, -0.25) is 9.78 Å². The molecule has 1 aliphatic carbocycles. The van der Waals surface area contributed by atoms with Crippen molar-refractivity contribution in [1.29, 1.82) is 5.26 Å². The van der Waals surface area contributed by atoms with Crippen LogP contribution in [0.15, 0.2) is 54.7 Å². The van der Waals surface area contributed by atoms with E-state index in [9.17, 15) is 28.3 Å². The van der Waals surface area contributed by atoms with Gasteiger partial charge in [0.15, 0.2) is 0 Å². The van der Waals surface area contributed by atoms with Crippen molar-refractivity contribution >= 4 is 11.8 Å². The number of pyridine rings is 2. The third-order valence-corrected chi connectivity index (χ3v) is 5.17. The van der Waals surface area contributed by atoms with E-state index in [1.807, 2.05) is 0 Å².